The van der Waals surface area contributed by atoms with Crippen molar-refractivity contribution in [3.63, 3.8) is 0 Å². The molecule has 1 unspecified atom stereocenters. The highest BCUT2D eigenvalue weighted by atomic mass is 127. The SMILES string of the molecule is CN=C(NCc1cccc(F)c1)NCC1CCCN1C.I. The van der Waals surface area contributed by atoms with Crippen LogP contribution in [0.15, 0.2) is 29.3 Å². The molecule has 0 amide bonds. The van der Waals surface area contributed by atoms with Crippen molar-refractivity contribution in [1.29, 1.82) is 0 Å². The Morgan fingerprint density at radius 1 is 1.43 bits per heavy atom. The van der Waals surface area contributed by atoms with E-state index in [0.29, 0.717) is 12.6 Å². The molecule has 6 heteroatoms. The number of benzene rings is 1. The molecule has 2 N–H and O–H groups in total. The van der Waals surface area contributed by atoms with Crippen LogP contribution in [-0.2, 0) is 6.54 Å². The lowest BCUT2D eigenvalue weighted by Crippen LogP contribution is -2.43. The van der Waals surface area contributed by atoms with Crippen LogP contribution in [0.3, 0.4) is 0 Å². The molecule has 21 heavy (non-hydrogen) atoms. The van der Waals surface area contributed by atoms with E-state index in [2.05, 4.69) is 27.6 Å². The largest absolute Gasteiger partial charge is 0.355 e. The quantitative estimate of drug-likeness (QED) is 0.458. The minimum absolute atomic E-state index is 0. The van der Waals surface area contributed by atoms with Gasteiger partial charge in [0.15, 0.2) is 5.96 Å². The van der Waals surface area contributed by atoms with E-state index < -0.39 is 0 Å². The van der Waals surface area contributed by atoms with Crippen molar-refractivity contribution in [3.8, 4) is 0 Å². The molecule has 1 saturated heterocycles. The molecule has 0 spiro atoms. The predicted molar refractivity (Wildman–Crippen MR) is 95.7 cm³/mol. The minimum atomic E-state index is -0.208. The standard InChI is InChI=1S/C15H23FN4.HI/c1-17-15(19-11-14-7-4-8-20(14)2)18-10-12-5-3-6-13(16)9-12;/h3,5-6,9,14H,4,7-8,10-11H2,1-2H3,(H2,17,18,19);1H. The van der Waals surface area contributed by atoms with Gasteiger partial charge in [-0.2, -0.15) is 0 Å². The molecule has 1 aromatic rings. The first-order valence-electron chi connectivity index (χ1n) is 7.08. The lowest BCUT2D eigenvalue weighted by molar-refractivity contribution is 0.309. The van der Waals surface area contributed by atoms with E-state index in [1.54, 1.807) is 13.1 Å². The Labute approximate surface area is 143 Å². The first-order valence-corrected chi connectivity index (χ1v) is 7.08. The molecule has 0 aliphatic carbocycles. The van der Waals surface area contributed by atoms with Crippen molar-refractivity contribution < 1.29 is 4.39 Å². The van der Waals surface area contributed by atoms with Gasteiger partial charge in [0.25, 0.3) is 0 Å². The van der Waals surface area contributed by atoms with Crippen LogP contribution in [0.4, 0.5) is 4.39 Å². The normalized spacial score (nSPS) is 19.2. The molecule has 1 fully saturated rings. The Morgan fingerprint density at radius 3 is 2.86 bits per heavy atom. The van der Waals surface area contributed by atoms with Crippen molar-refractivity contribution in [2.24, 2.45) is 4.99 Å². The van der Waals surface area contributed by atoms with Crippen LogP contribution in [0.25, 0.3) is 0 Å². The molecule has 0 bridgehead atoms. The molecule has 1 aromatic carbocycles. The molecular formula is C15H24FIN4. The second-order valence-corrected chi connectivity index (χ2v) is 5.21. The van der Waals surface area contributed by atoms with Gasteiger partial charge in [-0.15, -0.1) is 24.0 Å². The highest BCUT2D eigenvalue weighted by Gasteiger charge is 2.20. The van der Waals surface area contributed by atoms with Gasteiger partial charge in [-0.1, -0.05) is 12.1 Å². The molecule has 0 aromatic heterocycles. The Kier molecular flexibility index (Phi) is 7.95. The third-order valence-electron chi connectivity index (χ3n) is 3.75. The number of halogens is 2. The topological polar surface area (TPSA) is 39.7 Å². The first kappa shape index (κ1) is 18.2. The maximum absolute atomic E-state index is 13.1. The zero-order valence-electron chi connectivity index (χ0n) is 12.6. The predicted octanol–water partition coefficient (Wildman–Crippen LogP) is 2.20. The Hall–Kier alpha value is -0.890. The summed E-state index contributed by atoms with van der Waals surface area (Å²) >= 11 is 0. The zero-order valence-corrected chi connectivity index (χ0v) is 14.9. The lowest BCUT2D eigenvalue weighted by Gasteiger charge is -2.21. The highest BCUT2D eigenvalue weighted by molar-refractivity contribution is 14.0. The number of aliphatic imine (C=N–C) groups is 1. The average Bonchev–Trinajstić information content (AvgIpc) is 2.85. The monoisotopic (exact) mass is 406 g/mol. The van der Waals surface area contributed by atoms with E-state index in [1.165, 1.54) is 31.5 Å². The van der Waals surface area contributed by atoms with E-state index >= 15 is 0 Å². The van der Waals surface area contributed by atoms with Crippen molar-refractivity contribution in [1.82, 2.24) is 15.5 Å². The van der Waals surface area contributed by atoms with Gasteiger partial charge in [0.2, 0.25) is 0 Å². The minimum Gasteiger partial charge on any atom is -0.355 e. The number of nitrogens with zero attached hydrogens (tertiary/aromatic N) is 2. The van der Waals surface area contributed by atoms with Crippen LogP contribution in [0.2, 0.25) is 0 Å². The van der Waals surface area contributed by atoms with Gasteiger partial charge in [-0.05, 0) is 44.1 Å². The van der Waals surface area contributed by atoms with Gasteiger partial charge < -0.3 is 15.5 Å². The van der Waals surface area contributed by atoms with Gasteiger partial charge in [-0.25, -0.2) is 4.39 Å². The number of nitrogens with one attached hydrogen (secondary N) is 2. The third-order valence-corrected chi connectivity index (χ3v) is 3.75. The molecule has 4 nitrogen and oxygen atoms in total. The van der Waals surface area contributed by atoms with Gasteiger partial charge >= 0.3 is 0 Å². The van der Waals surface area contributed by atoms with E-state index in [1.807, 2.05) is 6.07 Å². The molecular weight excluding hydrogens is 382 g/mol. The second-order valence-electron chi connectivity index (χ2n) is 5.21. The van der Waals surface area contributed by atoms with Gasteiger partial charge in [0.05, 0.1) is 0 Å². The van der Waals surface area contributed by atoms with E-state index in [0.717, 1.165) is 18.1 Å². The van der Waals surface area contributed by atoms with Crippen molar-refractivity contribution >= 4 is 29.9 Å². The smallest absolute Gasteiger partial charge is 0.191 e. The van der Waals surface area contributed by atoms with Crippen molar-refractivity contribution in [2.75, 3.05) is 27.2 Å². The average molecular weight is 406 g/mol. The second kappa shape index (κ2) is 9.19. The van der Waals surface area contributed by atoms with Crippen LogP contribution in [-0.4, -0.2) is 44.1 Å². The van der Waals surface area contributed by atoms with Gasteiger partial charge in [0, 0.05) is 26.2 Å². The number of likely N-dealkylation sites (tertiary alicyclic amines) is 1. The fourth-order valence-corrected chi connectivity index (χ4v) is 2.50. The molecule has 1 aliphatic rings. The van der Waals surface area contributed by atoms with Crippen LogP contribution >= 0.6 is 24.0 Å². The summed E-state index contributed by atoms with van der Waals surface area (Å²) in [5.41, 5.74) is 0.908. The van der Waals surface area contributed by atoms with Crippen LogP contribution in [0.5, 0.6) is 0 Å². The zero-order chi connectivity index (χ0) is 14.4. The maximum atomic E-state index is 13.1. The van der Waals surface area contributed by atoms with Gasteiger partial charge in [0.1, 0.15) is 5.82 Å². The maximum Gasteiger partial charge on any atom is 0.191 e. The van der Waals surface area contributed by atoms with E-state index in [9.17, 15) is 4.39 Å². The fourth-order valence-electron chi connectivity index (χ4n) is 2.50. The summed E-state index contributed by atoms with van der Waals surface area (Å²) in [7, 11) is 3.90. The van der Waals surface area contributed by atoms with Gasteiger partial charge in [-0.3, -0.25) is 4.99 Å². The molecule has 118 valence electrons. The summed E-state index contributed by atoms with van der Waals surface area (Å²) in [5.74, 6) is 0.550. The van der Waals surface area contributed by atoms with Crippen molar-refractivity contribution in [3.05, 3.63) is 35.6 Å². The molecule has 0 radical (unpaired) electrons. The Morgan fingerprint density at radius 2 is 2.24 bits per heavy atom. The molecule has 1 heterocycles. The number of hydrogen-bond donors (Lipinski definition) is 2. The summed E-state index contributed by atoms with van der Waals surface area (Å²) in [6, 6.07) is 7.17. The molecule has 0 saturated carbocycles. The Bertz CT molecular complexity index is 467. The Balaban J connectivity index is 0.00000220. The number of guanidine groups is 1. The summed E-state index contributed by atoms with van der Waals surface area (Å²) in [6.45, 7) is 2.62. The molecule has 1 atom stereocenters. The van der Waals surface area contributed by atoms with Crippen LogP contribution in [0, 0.1) is 5.82 Å². The lowest BCUT2D eigenvalue weighted by atomic mass is 10.2. The molecule has 2 rings (SSSR count). The number of rotatable bonds is 4. The third kappa shape index (κ3) is 5.78. The van der Waals surface area contributed by atoms with Crippen LogP contribution < -0.4 is 10.6 Å². The van der Waals surface area contributed by atoms with Crippen molar-refractivity contribution in [2.45, 2.75) is 25.4 Å². The number of hydrogen-bond acceptors (Lipinski definition) is 2. The highest BCUT2D eigenvalue weighted by Crippen LogP contribution is 2.13. The number of likely N-dealkylation sites (N-methyl/N-ethyl adjacent to an activating group) is 1. The van der Waals surface area contributed by atoms with E-state index in [4.69, 9.17) is 0 Å². The summed E-state index contributed by atoms with van der Waals surface area (Å²) in [6.07, 6.45) is 2.49. The van der Waals surface area contributed by atoms with Crippen LogP contribution in [0.1, 0.15) is 18.4 Å². The molecule has 1 aliphatic heterocycles. The first-order chi connectivity index (χ1) is 9.69. The summed E-state index contributed by atoms with van der Waals surface area (Å²) in [4.78, 5) is 6.56. The summed E-state index contributed by atoms with van der Waals surface area (Å²) < 4.78 is 13.1. The van der Waals surface area contributed by atoms with E-state index in [-0.39, 0.29) is 29.8 Å². The fraction of sp³-hybridized carbons (Fsp3) is 0.533. The summed E-state index contributed by atoms with van der Waals surface area (Å²) in [5, 5.41) is 6.54.